The van der Waals surface area contributed by atoms with Crippen LogP contribution in [0.2, 0.25) is 0 Å². The van der Waals surface area contributed by atoms with Crippen LogP contribution >= 0.6 is 0 Å². The summed E-state index contributed by atoms with van der Waals surface area (Å²) in [6, 6.07) is 6.98. The van der Waals surface area contributed by atoms with Gasteiger partial charge in [-0.25, -0.2) is 0 Å². The summed E-state index contributed by atoms with van der Waals surface area (Å²) in [6.07, 6.45) is 2.79. The largest absolute Gasteiger partial charge is 0.337 e. The molecule has 2 fully saturated rings. The van der Waals surface area contributed by atoms with Crippen LogP contribution in [0, 0.1) is 11.8 Å². The van der Waals surface area contributed by atoms with E-state index in [9.17, 15) is 14.4 Å². The molecule has 2 aliphatic rings. The zero-order valence-electron chi connectivity index (χ0n) is 16.4. The molecule has 1 aromatic carbocycles. The van der Waals surface area contributed by atoms with Crippen LogP contribution in [0.1, 0.15) is 50.4 Å². The molecule has 1 saturated heterocycles. The van der Waals surface area contributed by atoms with Gasteiger partial charge in [0.05, 0.1) is 6.04 Å². The SMILES string of the molecule is CC(=O)Nc1ccc(C(=O)N2CCC(=O)N(CC3CC3)C(C(C)C)C2)cc1. The van der Waals surface area contributed by atoms with Crippen molar-refractivity contribution in [3.05, 3.63) is 29.8 Å². The van der Waals surface area contributed by atoms with E-state index in [1.54, 1.807) is 24.3 Å². The number of nitrogens with one attached hydrogen (secondary N) is 1. The summed E-state index contributed by atoms with van der Waals surface area (Å²) in [6.45, 7) is 7.54. The highest BCUT2D eigenvalue weighted by molar-refractivity contribution is 5.96. The van der Waals surface area contributed by atoms with Crippen LogP contribution in [0.25, 0.3) is 0 Å². The van der Waals surface area contributed by atoms with Gasteiger partial charge < -0.3 is 15.1 Å². The predicted octanol–water partition coefficient (Wildman–Crippen LogP) is 2.75. The van der Waals surface area contributed by atoms with Crippen molar-refractivity contribution in [3.8, 4) is 0 Å². The fourth-order valence-electron chi connectivity index (χ4n) is 3.63. The van der Waals surface area contributed by atoms with E-state index in [0.29, 0.717) is 42.6 Å². The van der Waals surface area contributed by atoms with Gasteiger partial charge in [0.1, 0.15) is 0 Å². The fraction of sp³-hybridized carbons (Fsp3) is 0.571. The Morgan fingerprint density at radius 3 is 2.41 bits per heavy atom. The molecule has 146 valence electrons. The van der Waals surface area contributed by atoms with E-state index in [2.05, 4.69) is 19.2 Å². The monoisotopic (exact) mass is 371 g/mol. The minimum atomic E-state index is -0.143. The molecule has 1 saturated carbocycles. The molecule has 6 nitrogen and oxygen atoms in total. The number of benzene rings is 1. The summed E-state index contributed by atoms with van der Waals surface area (Å²) in [5, 5.41) is 2.70. The van der Waals surface area contributed by atoms with Crippen molar-refractivity contribution >= 4 is 23.4 Å². The van der Waals surface area contributed by atoms with Gasteiger partial charge in [0.25, 0.3) is 5.91 Å². The van der Waals surface area contributed by atoms with E-state index in [4.69, 9.17) is 0 Å². The Labute approximate surface area is 160 Å². The average Bonchev–Trinajstić information content (AvgIpc) is 3.44. The van der Waals surface area contributed by atoms with Gasteiger partial charge in [0.15, 0.2) is 0 Å². The van der Waals surface area contributed by atoms with Gasteiger partial charge in [-0.1, -0.05) is 13.8 Å². The number of nitrogens with zero attached hydrogens (tertiary/aromatic N) is 2. The minimum Gasteiger partial charge on any atom is -0.337 e. The Morgan fingerprint density at radius 2 is 1.85 bits per heavy atom. The Bertz CT molecular complexity index is 710. The van der Waals surface area contributed by atoms with Crippen LogP contribution in [-0.2, 0) is 9.59 Å². The van der Waals surface area contributed by atoms with Gasteiger partial charge in [-0.2, -0.15) is 0 Å². The summed E-state index contributed by atoms with van der Waals surface area (Å²) in [5.74, 6) is 0.894. The smallest absolute Gasteiger partial charge is 0.253 e. The third kappa shape index (κ3) is 4.87. The van der Waals surface area contributed by atoms with Crippen LogP contribution in [0.5, 0.6) is 0 Å². The standard InChI is InChI=1S/C21H29N3O3/c1-14(2)19-13-23(11-10-20(26)24(19)12-16-4-5-16)21(27)17-6-8-18(9-7-17)22-15(3)25/h6-9,14,16,19H,4-5,10-13H2,1-3H3,(H,22,25). The van der Waals surface area contributed by atoms with Gasteiger partial charge in [-0.3, -0.25) is 14.4 Å². The van der Waals surface area contributed by atoms with Crippen molar-refractivity contribution < 1.29 is 14.4 Å². The summed E-state index contributed by atoms with van der Waals surface area (Å²) in [7, 11) is 0. The maximum atomic E-state index is 13.0. The summed E-state index contributed by atoms with van der Waals surface area (Å²) < 4.78 is 0. The first kappa shape index (κ1) is 19.4. The molecule has 1 N–H and O–H groups in total. The first-order chi connectivity index (χ1) is 12.8. The molecule has 1 unspecified atom stereocenters. The van der Waals surface area contributed by atoms with Crippen molar-refractivity contribution in [2.75, 3.05) is 25.0 Å². The molecule has 0 aromatic heterocycles. The summed E-state index contributed by atoms with van der Waals surface area (Å²) in [4.78, 5) is 40.7. The fourth-order valence-corrected chi connectivity index (χ4v) is 3.63. The zero-order chi connectivity index (χ0) is 19.6. The van der Waals surface area contributed by atoms with E-state index in [1.807, 2.05) is 9.80 Å². The molecule has 6 heteroatoms. The number of carbonyl (C=O) groups is 3. The van der Waals surface area contributed by atoms with Gasteiger partial charge in [0.2, 0.25) is 11.8 Å². The van der Waals surface area contributed by atoms with Crippen molar-refractivity contribution in [2.45, 2.75) is 46.1 Å². The minimum absolute atomic E-state index is 0.0585. The Kier molecular flexibility index (Phi) is 5.82. The highest BCUT2D eigenvalue weighted by Crippen LogP contribution is 2.32. The molecule has 1 aromatic rings. The number of anilines is 1. The van der Waals surface area contributed by atoms with E-state index >= 15 is 0 Å². The van der Waals surface area contributed by atoms with Crippen LogP contribution < -0.4 is 5.32 Å². The predicted molar refractivity (Wildman–Crippen MR) is 104 cm³/mol. The first-order valence-electron chi connectivity index (χ1n) is 9.81. The Morgan fingerprint density at radius 1 is 1.19 bits per heavy atom. The molecule has 1 atom stereocenters. The number of hydrogen-bond acceptors (Lipinski definition) is 3. The number of carbonyl (C=O) groups excluding carboxylic acids is 3. The lowest BCUT2D eigenvalue weighted by molar-refractivity contribution is -0.133. The molecular formula is C21H29N3O3. The molecule has 3 rings (SSSR count). The van der Waals surface area contributed by atoms with Gasteiger partial charge >= 0.3 is 0 Å². The van der Waals surface area contributed by atoms with Crippen molar-refractivity contribution in [1.82, 2.24) is 9.80 Å². The maximum absolute atomic E-state index is 13.0. The van der Waals surface area contributed by atoms with E-state index < -0.39 is 0 Å². The molecular weight excluding hydrogens is 342 g/mol. The number of hydrogen-bond donors (Lipinski definition) is 1. The molecule has 0 spiro atoms. The second-order valence-corrected chi connectivity index (χ2v) is 8.06. The maximum Gasteiger partial charge on any atom is 0.253 e. The highest BCUT2D eigenvalue weighted by Gasteiger charge is 2.36. The third-order valence-corrected chi connectivity index (χ3v) is 5.38. The van der Waals surface area contributed by atoms with Crippen molar-refractivity contribution in [2.24, 2.45) is 11.8 Å². The van der Waals surface area contributed by atoms with Gasteiger partial charge in [-0.05, 0) is 48.9 Å². The third-order valence-electron chi connectivity index (χ3n) is 5.38. The Balaban J connectivity index is 1.74. The molecule has 1 heterocycles. The molecule has 0 radical (unpaired) electrons. The van der Waals surface area contributed by atoms with E-state index in [0.717, 1.165) is 6.54 Å². The van der Waals surface area contributed by atoms with Crippen molar-refractivity contribution in [3.63, 3.8) is 0 Å². The molecule has 1 aliphatic carbocycles. The molecule has 0 bridgehead atoms. The second kappa shape index (κ2) is 8.11. The topological polar surface area (TPSA) is 69.7 Å². The summed E-state index contributed by atoms with van der Waals surface area (Å²) in [5.41, 5.74) is 1.25. The Hall–Kier alpha value is -2.37. The van der Waals surface area contributed by atoms with Crippen LogP contribution in [0.4, 0.5) is 5.69 Å². The number of amides is 3. The van der Waals surface area contributed by atoms with Crippen molar-refractivity contribution in [1.29, 1.82) is 0 Å². The van der Waals surface area contributed by atoms with Gasteiger partial charge in [-0.15, -0.1) is 0 Å². The number of rotatable bonds is 5. The van der Waals surface area contributed by atoms with Gasteiger partial charge in [0, 0.05) is 44.2 Å². The normalized spacial score (nSPS) is 20.6. The lowest BCUT2D eigenvalue weighted by Crippen LogP contribution is -2.48. The lowest BCUT2D eigenvalue weighted by Gasteiger charge is -2.34. The second-order valence-electron chi connectivity index (χ2n) is 8.06. The highest BCUT2D eigenvalue weighted by atomic mass is 16.2. The van der Waals surface area contributed by atoms with E-state index in [-0.39, 0.29) is 23.8 Å². The summed E-state index contributed by atoms with van der Waals surface area (Å²) >= 11 is 0. The van der Waals surface area contributed by atoms with Crippen LogP contribution in [-0.4, -0.2) is 53.2 Å². The van der Waals surface area contributed by atoms with Crippen LogP contribution in [0.15, 0.2) is 24.3 Å². The first-order valence-corrected chi connectivity index (χ1v) is 9.81. The zero-order valence-corrected chi connectivity index (χ0v) is 16.4. The lowest BCUT2D eigenvalue weighted by atomic mass is 10.0. The average molecular weight is 371 g/mol. The quantitative estimate of drug-likeness (QED) is 0.865. The van der Waals surface area contributed by atoms with Crippen LogP contribution in [0.3, 0.4) is 0 Å². The molecule has 3 amide bonds. The molecule has 27 heavy (non-hydrogen) atoms. The molecule has 1 aliphatic heterocycles. The van der Waals surface area contributed by atoms with E-state index in [1.165, 1.54) is 19.8 Å².